The lowest BCUT2D eigenvalue weighted by atomic mass is 10.0. The molecule has 36 heavy (non-hydrogen) atoms. The molecule has 1 heterocycles. The number of halogens is 9. The molecule has 0 saturated carbocycles. The van der Waals surface area contributed by atoms with Gasteiger partial charge in [0.25, 0.3) is 5.91 Å². The Morgan fingerprint density at radius 3 is 2.19 bits per heavy atom. The molecule has 0 unspecified atom stereocenters. The van der Waals surface area contributed by atoms with Crippen molar-refractivity contribution >= 4 is 22.6 Å². The molecule has 0 radical (unpaired) electrons. The minimum absolute atomic E-state index is 0.370. The molecule has 0 atom stereocenters. The summed E-state index contributed by atoms with van der Waals surface area (Å²) in [6.07, 6.45) is -16.4. The van der Waals surface area contributed by atoms with Crippen LogP contribution >= 0.6 is 0 Å². The molecule has 0 bridgehead atoms. The molecule has 1 amide bonds. The van der Waals surface area contributed by atoms with Crippen molar-refractivity contribution in [1.29, 1.82) is 5.26 Å². The Kier molecular flexibility index (Phi) is 6.80. The lowest BCUT2D eigenvalue weighted by molar-refractivity contribution is -0.138. The van der Waals surface area contributed by atoms with E-state index in [-0.39, 0.29) is 5.52 Å². The number of rotatable bonds is 4. The Hall–Kier alpha value is -4.02. The summed E-state index contributed by atoms with van der Waals surface area (Å²) in [6, 6.07) is 6.88. The van der Waals surface area contributed by atoms with E-state index in [9.17, 15) is 44.3 Å². The third kappa shape index (κ3) is 5.78. The van der Waals surface area contributed by atoms with E-state index in [0.29, 0.717) is 18.2 Å². The maximum absolute atomic E-state index is 13.6. The summed E-state index contributed by atoms with van der Waals surface area (Å²) in [5, 5.41) is 8.35. The van der Waals surface area contributed by atoms with Crippen LogP contribution in [0.1, 0.15) is 32.7 Å². The van der Waals surface area contributed by atoms with Gasteiger partial charge in [-0.1, -0.05) is 6.07 Å². The van der Waals surface area contributed by atoms with Crippen LogP contribution in [-0.2, 0) is 25.3 Å². The highest BCUT2D eigenvalue weighted by Crippen LogP contribution is 2.39. The normalized spacial score (nSPS) is 13.2. The molecular formula is C22H13F9N4O. The van der Waals surface area contributed by atoms with Crippen molar-refractivity contribution in [2.24, 2.45) is 10.7 Å². The molecule has 0 aliphatic heterocycles. The zero-order valence-corrected chi connectivity index (χ0v) is 17.7. The van der Waals surface area contributed by atoms with Crippen LogP contribution in [0.25, 0.3) is 10.9 Å². The molecule has 0 aliphatic carbocycles. The zero-order valence-electron chi connectivity index (χ0n) is 17.7. The predicted molar refractivity (Wildman–Crippen MR) is 109 cm³/mol. The van der Waals surface area contributed by atoms with E-state index in [1.807, 2.05) is 0 Å². The van der Waals surface area contributed by atoms with Gasteiger partial charge >= 0.3 is 18.5 Å². The van der Waals surface area contributed by atoms with E-state index in [4.69, 9.17) is 11.0 Å². The van der Waals surface area contributed by atoms with Gasteiger partial charge in [0.2, 0.25) is 0 Å². The van der Waals surface area contributed by atoms with Gasteiger partial charge in [0, 0.05) is 22.2 Å². The molecule has 14 heteroatoms. The first kappa shape index (κ1) is 26.6. The Morgan fingerprint density at radius 1 is 0.972 bits per heavy atom. The van der Waals surface area contributed by atoms with Crippen molar-refractivity contribution in [3.05, 3.63) is 70.4 Å². The minimum atomic E-state index is -5.08. The van der Waals surface area contributed by atoms with Crippen LogP contribution in [0.2, 0.25) is 0 Å². The number of alkyl halides is 9. The molecule has 0 spiro atoms. The summed E-state index contributed by atoms with van der Waals surface area (Å²) in [4.78, 5) is 15.7. The van der Waals surface area contributed by atoms with Gasteiger partial charge < -0.3 is 10.3 Å². The summed E-state index contributed by atoms with van der Waals surface area (Å²) in [6.45, 7) is -0.789. The number of hydrogen-bond donors (Lipinski definition) is 1. The third-order valence-electron chi connectivity index (χ3n) is 4.96. The fourth-order valence-corrected chi connectivity index (χ4v) is 3.55. The number of nitrogens with two attached hydrogens (primary N) is 1. The molecule has 3 rings (SSSR count). The second-order valence-electron chi connectivity index (χ2n) is 7.53. The Balaban J connectivity index is 2.09. The van der Waals surface area contributed by atoms with Gasteiger partial charge in [-0.25, -0.2) is 0 Å². The van der Waals surface area contributed by atoms with Gasteiger partial charge in [0.05, 0.1) is 35.7 Å². The first-order chi connectivity index (χ1) is 16.5. The van der Waals surface area contributed by atoms with Crippen molar-refractivity contribution < 1.29 is 44.3 Å². The van der Waals surface area contributed by atoms with Gasteiger partial charge in [-0.3, -0.25) is 4.79 Å². The summed E-state index contributed by atoms with van der Waals surface area (Å²) in [7, 11) is 0. The van der Waals surface area contributed by atoms with E-state index in [1.165, 1.54) is 6.07 Å². The van der Waals surface area contributed by atoms with Crippen molar-refractivity contribution in [2.75, 3.05) is 0 Å². The number of amidine groups is 1. The number of amides is 1. The molecule has 2 aromatic carbocycles. The number of hydrogen-bond acceptors (Lipinski definition) is 2. The average Bonchev–Trinajstić information content (AvgIpc) is 3.06. The summed E-state index contributed by atoms with van der Waals surface area (Å²) in [5.74, 6) is -1.91. The standard InChI is InChI=1S/C22H13F9N4O/c23-20(24,25)8-14-7-15-16(5-4-12(9-32)18(15)22(29,30)31)35(14)10-17(33)34-19(36)11-2-1-3-13(6-11)21(26,27)28/h1-7H,8,10H2,(H2,33,34,36). The van der Waals surface area contributed by atoms with E-state index in [0.717, 1.165) is 28.8 Å². The van der Waals surface area contributed by atoms with Gasteiger partial charge in [-0.15, -0.1) is 0 Å². The van der Waals surface area contributed by atoms with Crippen molar-refractivity contribution in [1.82, 2.24) is 4.57 Å². The topological polar surface area (TPSA) is 84.2 Å². The van der Waals surface area contributed by atoms with E-state index >= 15 is 0 Å². The summed E-state index contributed by atoms with van der Waals surface area (Å²) in [5.41, 5.74) is 0.701. The summed E-state index contributed by atoms with van der Waals surface area (Å²) < 4.78 is 120. The van der Waals surface area contributed by atoms with E-state index in [2.05, 4.69) is 4.99 Å². The zero-order chi connectivity index (χ0) is 27.1. The van der Waals surface area contributed by atoms with Crippen LogP contribution in [0.15, 0.2) is 47.5 Å². The Morgan fingerprint density at radius 2 is 1.64 bits per heavy atom. The molecule has 3 aromatic rings. The van der Waals surface area contributed by atoms with Crippen molar-refractivity contribution in [3.8, 4) is 6.07 Å². The average molecular weight is 520 g/mol. The smallest absolute Gasteiger partial charge is 0.386 e. The number of nitrogens with zero attached hydrogens (tertiary/aromatic N) is 3. The van der Waals surface area contributed by atoms with Crippen molar-refractivity contribution in [3.63, 3.8) is 0 Å². The second-order valence-corrected chi connectivity index (χ2v) is 7.53. The first-order valence-corrected chi connectivity index (χ1v) is 9.75. The van der Waals surface area contributed by atoms with E-state index < -0.39 is 76.6 Å². The Labute approximate surface area is 196 Å². The van der Waals surface area contributed by atoms with Crippen LogP contribution in [0.3, 0.4) is 0 Å². The number of fused-ring (bicyclic) bond motifs is 1. The van der Waals surface area contributed by atoms with Crippen LogP contribution in [0.5, 0.6) is 0 Å². The Bertz CT molecular complexity index is 1390. The van der Waals surface area contributed by atoms with Gasteiger partial charge in [-0.2, -0.15) is 49.8 Å². The lowest BCUT2D eigenvalue weighted by Crippen LogP contribution is -2.24. The highest BCUT2D eigenvalue weighted by molar-refractivity contribution is 6.03. The van der Waals surface area contributed by atoms with Gasteiger partial charge in [0.15, 0.2) is 0 Å². The number of benzene rings is 2. The highest BCUT2D eigenvalue weighted by atomic mass is 19.4. The van der Waals surface area contributed by atoms with Gasteiger partial charge in [-0.05, 0) is 36.4 Å². The van der Waals surface area contributed by atoms with Gasteiger partial charge in [0.1, 0.15) is 5.84 Å². The monoisotopic (exact) mass is 520 g/mol. The van der Waals surface area contributed by atoms with Crippen LogP contribution < -0.4 is 5.73 Å². The van der Waals surface area contributed by atoms with Crippen LogP contribution in [-0.4, -0.2) is 22.5 Å². The largest absolute Gasteiger partial charge is 0.418 e. The summed E-state index contributed by atoms with van der Waals surface area (Å²) >= 11 is 0. The lowest BCUT2D eigenvalue weighted by Gasteiger charge is -2.13. The number of carbonyl (C=O) groups is 1. The molecule has 0 fully saturated rings. The number of nitriles is 1. The molecule has 1 aromatic heterocycles. The molecule has 5 nitrogen and oxygen atoms in total. The molecule has 2 N–H and O–H groups in total. The molecular weight excluding hydrogens is 507 g/mol. The quantitative estimate of drug-likeness (QED) is 0.266. The molecule has 0 saturated heterocycles. The first-order valence-electron chi connectivity index (χ1n) is 9.75. The predicted octanol–water partition coefficient (Wildman–Crippen LogP) is 5.85. The molecule has 0 aliphatic rings. The van der Waals surface area contributed by atoms with Crippen LogP contribution in [0.4, 0.5) is 39.5 Å². The highest BCUT2D eigenvalue weighted by Gasteiger charge is 2.38. The molecule has 190 valence electrons. The van der Waals surface area contributed by atoms with E-state index in [1.54, 1.807) is 0 Å². The number of carbonyl (C=O) groups excluding carboxylic acids is 1. The fraction of sp³-hybridized carbons (Fsp3) is 0.227. The third-order valence-corrected chi connectivity index (χ3v) is 4.96. The van der Waals surface area contributed by atoms with Crippen molar-refractivity contribution in [2.45, 2.75) is 31.5 Å². The minimum Gasteiger partial charge on any atom is -0.386 e. The maximum atomic E-state index is 13.6. The second kappa shape index (κ2) is 9.21. The fourth-order valence-electron chi connectivity index (χ4n) is 3.55. The SMILES string of the molecule is N#Cc1ccc2c(cc(CC(F)(F)F)n2CC(N)=NC(=O)c2cccc(C(F)(F)F)c2)c1C(F)(F)F. The van der Waals surface area contributed by atoms with Crippen LogP contribution in [0, 0.1) is 11.3 Å². The number of aromatic nitrogens is 1. The maximum Gasteiger partial charge on any atom is 0.418 e. The number of aliphatic imine (C=N–C) groups is 1.